The number of rotatable bonds is 7. The summed E-state index contributed by atoms with van der Waals surface area (Å²) in [5, 5.41) is 0.712. The molecule has 1 atom stereocenters. The van der Waals surface area contributed by atoms with Gasteiger partial charge >= 0.3 is 11.9 Å². The normalized spacial score (nSPS) is 11.9. The van der Waals surface area contributed by atoms with Crippen molar-refractivity contribution in [2.75, 3.05) is 19.5 Å². The fourth-order valence-corrected chi connectivity index (χ4v) is 4.17. The van der Waals surface area contributed by atoms with Gasteiger partial charge in [-0.2, -0.15) is 0 Å². The Hall–Kier alpha value is -2.73. The first-order chi connectivity index (χ1) is 13.2. The molecule has 2 aromatic carbocycles. The van der Waals surface area contributed by atoms with E-state index >= 15 is 0 Å². The number of benzene rings is 2. The molecule has 27 heavy (non-hydrogen) atoms. The molecule has 5 nitrogen and oxygen atoms in total. The number of aromatic amines is 1. The molecule has 3 rings (SSSR count). The quantitative estimate of drug-likeness (QED) is 0.615. The lowest BCUT2D eigenvalue weighted by molar-refractivity contribution is -0.139. The van der Waals surface area contributed by atoms with Crippen LogP contribution in [0, 0.1) is 0 Å². The Morgan fingerprint density at radius 1 is 1.07 bits per heavy atom. The van der Waals surface area contributed by atoms with Gasteiger partial charge in [-0.15, -0.1) is 11.8 Å². The number of nitrogens with one attached hydrogen (secondary N) is 1. The number of thioether (sulfide) groups is 1. The van der Waals surface area contributed by atoms with E-state index < -0.39 is 5.97 Å². The van der Waals surface area contributed by atoms with Crippen LogP contribution in [0.2, 0.25) is 0 Å². The lowest BCUT2D eigenvalue weighted by Crippen LogP contribution is -2.12. The van der Waals surface area contributed by atoms with Crippen LogP contribution in [-0.4, -0.2) is 36.4 Å². The summed E-state index contributed by atoms with van der Waals surface area (Å²) in [6.45, 7) is 2.13. The fraction of sp³-hybridized carbons (Fsp3) is 0.238. The standard InChI is InChI=1S/C21H21NO4S/c1-3-26-17(23)13-27-20(14-9-5-4-6-10-14)18-15-11-7-8-12-16(15)22-19(18)21(24)25-2/h4-12,20,22H,3,13H2,1-2H3. The highest BCUT2D eigenvalue weighted by molar-refractivity contribution is 8.00. The molecule has 0 aliphatic carbocycles. The number of hydrogen-bond donors (Lipinski definition) is 1. The Balaban J connectivity index is 2.11. The number of carbonyl (C=O) groups is 2. The molecule has 1 heterocycles. The summed E-state index contributed by atoms with van der Waals surface area (Å²) >= 11 is 1.44. The molecule has 1 unspecified atom stereocenters. The molecule has 0 aliphatic rings. The Morgan fingerprint density at radius 3 is 2.48 bits per heavy atom. The molecule has 0 fully saturated rings. The van der Waals surface area contributed by atoms with E-state index in [2.05, 4.69) is 4.98 Å². The van der Waals surface area contributed by atoms with Crippen molar-refractivity contribution in [2.45, 2.75) is 12.2 Å². The molecule has 3 aromatic rings. The topological polar surface area (TPSA) is 68.4 Å². The van der Waals surface area contributed by atoms with Crippen molar-refractivity contribution in [2.24, 2.45) is 0 Å². The van der Waals surface area contributed by atoms with Crippen LogP contribution in [0.4, 0.5) is 0 Å². The van der Waals surface area contributed by atoms with E-state index in [-0.39, 0.29) is 17.0 Å². The SMILES string of the molecule is CCOC(=O)CSC(c1ccccc1)c1c(C(=O)OC)[nH]c2ccccc12. The summed E-state index contributed by atoms with van der Waals surface area (Å²) in [6, 6.07) is 17.5. The Morgan fingerprint density at radius 2 is 1.78 bits per heavy atom. The Labute approximate surface area is 162 Å². The monoisotopic (exact) mass is 383 g/mol. The smallest absolute Gasteiger partial charge is 0.354 e. The third-order valence-electron chi connectivity index (χ3n) is 4.17. The van der Waals surface area contributed by atoms with Crippen LogP contribution in [-0.2, 0) is 14.3 Å². The second-order valence-electron chi connectivity index (χ2n) is 5.86. The van der Waals surface area contributed by atoms with Crippen molar-refractivity contribution in [1.82, 2.24) is 4.98 Å². The molecule has 0 spiro atoms. The van der Waals surface area contributed by atoms with Gasteiger partial charge < -0.3 is 14.5 Å². The summed E-state index contributed by atoms with van der Waals surface area (Å²) in [6.07, 6.45) is 0. The Kier molecular flexibility index (Phi) is 6.19. The highest BCUT2D eigenvalue weighted by Crippen LogP contribution is 2.41. The number of esters is 2. The van der Waals surface area contributed by atoms with E-state index in [1.807, 2.05) is 54.6 Å². The van der Waals surface area contributed by atoms with Crippen LogP contribution in [0.25, 0.3) is 10.9 Å². The maximum absolute atomic E-state index is 12.4. The molecule has 140 valence electrons. The highest BCUT2D eigenvalue weighted by atomic mass is 32.2. The van der Waals surface area contributed by atoms with Crippen molar-refractivity contribution in [3.63, 3.8) is 0 Å². The Bertz CT molecular complexity index is 936. The molecule has 0 bridgehead atoms. The number of carbonyl (C=O) groups excluding carboxylic acids is 2. The van der Waals surface area contributed by atoms with Gasteiger partial charge in [0.15, 0.2) is 0 Å². The third-order valence-corrected chi connectivity index (χ3v) is 5.42. The number of fused-ring (bicyclic) bond motifs is 1. The zero-order chi connectivity index (χ0) is 19.2. The molecular weight excluding hydrogens is 362 g/mol. The minimum absolute atomic E-state index is 0.188. The number of aromatic nitrogens is 1. The zero-order valence-electron chi connectivity index (χ0n) is 15.2. The van der Waals surface area contributed by atoms with E-state index in [4.69, 9.17) is 9.47 Å². The molecule has 1 aromatic heterocycles. The van der Waals surface area contributed by atoms with E-state index in [0.717, 1.165) is 22.0 Å². The number of methoxy groups -OCH3 is 1. The second kappa shape index (κ2) is 8.77. The van der Waals surface area contributed by atoms with E-state index in [1.54, 1.807) is 6.92 Å². The van der Waals surface area contributed by atoms with E-state index in [1.165, 1.54) is 18.9 Å². The molecule has 0 saturated heterocycles. The van der Waals surface area contributed by atoms with Gasteiger partial charge in [0.25, 0.3) is 0 Å². The van der Waals surface area contributed by atoms with Crippen molar-refractivity contribution in [3.05, 3.63) is 71.4 Å². The summed E-state index contributed by atoms with van der Waals surface area (Å²) in [5.41, 5.74) is 3.08. The average Bonchev–Trinajstić information content (AvgIpc) is 3.08. The molecule has 0 saturated carbocycles. The van der Waals surface area contributed by atoms with Gasteiger partial charge in [-0.3, -0.25) is 4.79 Å². The predicted molar refractivity (Wildman–Crippen MR) is 107 cm³/mol. The van der Waals surface area contributed by atoms with Crippen LogP contribution in [0.15, 0.2) is 54.6 Å². The van der Waals surface area contributed by atoms with Gasteiger partial charge in [0.1, 0.15) is 5.69 Å². The third kappa shape index (κ3) is 4.17. The molecular formula is C21H21NO4S. The van der Waals surface area contributed by atoms with Gasteiger partial charge in [0.2, 0.25) is 0 Å². The molecule has 0 aliphatic heterocycles. The van der Waals surface area contributed by atoms with Crippen molar-refractivity contribution >= 4 is 34.6 Å². The lowest BCUT2D eigenvalue weighted by Gasteiger charge is -2.18. The molecule has 1 N–H and O–H groups in total. The zero-order valence-corrected chi connectivity index (χ0v) is 16.0. The number of para-hydroxylation sites is 1. The summed E-state index contributed by atoms with van der Waals surface area (Å²) < 4.78 is 10.1. The summed E-state index contributed by atoms with van der Waals surface area (Å²) in [4.78, 5) is 27.5. The maximum Gasteiger partial charge on any atom is 0.354 e. The van der Waals surface area contributed by atoms with Gasteiger partial charge in [0, 0.05) is 16.5 Å². The first-order valence-electron chi connectivity index (χ1n) is 8.66. The van der Waals surface area contributed by atoms with Crippen molar-refractivity contribution < 1.29 is 19.1 Å². The van der Waals surface area contributed by atoms with Crippen LogP contribution >= 0.6 is 11.8 Å². The average molecular weight is 383 g/mol. The predicted octanol–water partition coefficient (Wildman–Crippen LogP) is 4.34. The number of H-pyrrole nitrogens is 1. The second-order valence-corrected chi connectivity index (χ2v) is 6.95. The molecule has 6 heteroatoms. The van der Waals surface area contributed by atoms with E-state index in [0.29, 0.717) is 12.3 Å². The van der Waals surface area contributed by atoms with Crippen molar-refractivity contribution in [1.29, 1.82) is 0 Å². The number of hydrogen-bond acceptors (Lipinski definition) is 5. The number of ether oxygens (including phenoxy) is 2. The van der Waals surface area contributed by atoms with Crippen LogP contribution in [0.5, 0.6) is 0 Å². The van der Waals surface area contributed by atoms with Gasteiger partial charge in [-0.05, 0) is 18.6 Å². The van der Waals surface area contributed by atoms with Crippen molar-refractivity contribution in [3.8, 4) is 0 Å². The fourth-order valence-electron chi connectivity index (χ4n) is 3.03. The minimum atomic E-state index is -0.432. The van der Waals surface area contributed by atoms with Gasteiger partial charge in [-0.1, -0.05) is 48.5 Å². The van der Waals surface area contributed by atoms with Crippen LogP contribution in [0.1, 0.15) is 33.8 Å². The largest absolute Gasteiger partial charge is 0.465 e. The highest BCUT2D eigenvalue weighted by Gasteiger charge is 2.27. The first-order valence-corrected chi connectivity index (χ1v) is 9.71. The summed E-state index contributed by atoms with van der Waals surface area (Å²) in [7, 11) is 1.36. The summed E-state index contributed by atoms with van der Waals surface area (Å²) in [5.74, 6) is -0.519. The van der Waals surface area contributed by atoms with Gasteiger partial charge in [-0.25, -0.2) is 4.79 Å². The van der Waals surface area contributed by atoms with Crippen LogP contribution in [0.3, 0.4) is 0 Å². The van der Waals surface area contributed by atoms with Gasteiger partial charge in [0.05, 0.1) is 24.7 Å². The molecule has 0 radical (unpaired) electrons. The molecule has 0 amide bonds. The minimum Gasteiger partial charge on any atom is -0.465 e. The maximum atomic E-state index is 12.4. The first kappa shape index (κ1) is 19.0. The van der Waals surface area contributed by atoms with Crippen LogP contribution < -0.4 is 0 Å². The lowest BCUT2D eigenvalue weighted by atomic mass is 10.0. The van der Waals surface area contributed by atoms with E-state index in [9.17, 15) is 9.59 Å².